The lowest BCUT2D eigenvalue weighted by Crippen LogP contribution is -2.38. The fourth-order valence-corrected chi connectivity index (χ4v) is 4.80. The summed E-state index contributed by atoms with van der Waals surface area (Å²) < 4.78 is 16.0. The van der Waals surface area contributed by atoms with Gasteiger partial charge in [0, 0.05) is 13.1 Å². The van der Waals surface area contributed by atoms with Crippen LogP contribution in [0.3, 0.4) is 0 Å². The maximum Gasteiger partial charge on any atom is 0.233 e. The maximum absolute atomic E-state index is 13.0. The van der Waals surface area contributed by atoms with E-state index in [1.807, 2.05) is 4.90 Å². The average Bonchev–Trinajstić information content (AvgIpc) is 2.95. The van der Waals surface area contributed by atoms with Crippen molar-refractivity contribution in [2.24, 2.45) is 5.92 Å². The molecule has 1 aromatic heterocycles. The number of nitrogens with zero attached hydrogens (tertiary/aromatic N) is 3. The van der Waals surface area contributed by atoms with Crippen molar-refractivity contribution in [3.05, 3.63) is 34.0 Å². The van der Waals surface area contributed by atoms with E-state index >= 15 is 0 Å². The molecule has 1 amide bonds. The molecule has 0 atom stereocenters. The second kappa shape index (κ2) is 7.76. The molecule has 1 saturated heterocycles. The number of amides is 1. The van der Waals surface area contributed by atoms with Crippen molar-refractivity contribution in [3.8, 4) is 5.69 Å². The number of piperidine rings is 1. The Morgan fingerprint density at radius 3 is 2.71 bits per heavy atom. The summed E-state index contributed by atoms with van der Waals surface area (Å²) >= 11 is 8.10. The maximum atomic E-state index is 13.0. The molecule has 2 heterocycles. The summed E-state index contributed by atoms with van der Waals surface area (Å²) in [5.41, 5.74) is 0.723. The molecule has 0 radical (unpaired) electrons. The van der Waals surface area contributed by atoms with Crippen LogP contribution in [0.25, 0.3) is 5.69 Å². The SMILES string of the molecule is CC1CCN(C(=O)CSc2nn(-c3ccc(F)cc3)c(=S)s2)CC1. The topological polar surface area (TPSA) is 38.1 Å². The summed E-state index contributed by atoms with van der Waals surface area (Å²) in [6.45, 7) is 3.92. The van der Waals surface area contributed by atoms with E-state index in [0.29, 0.717) is 15.6 Å². The van der Waals surface area contributed by atoms with Gasteiger partial charge in [-0.2, -0.15) is 0 Å². The zero-order chi connectivity index (χ0) is 17.1. The molecule has 0 bridgehead atoms. The van der Waals surface area contributed by atoms with Crippen molar-refractivity contribution in [1.29, 1.82) is 0 Å². The molecule has 0 saturated carbocycles. The second-order valence-corrected chi connectivity index (χ2v) is 8.72. The summed E-state index contributed by atoms with van der Waals surface area (Å²) in [5.74, 6) is 0.941. The zero-order valence-electron chi connectivity index (χ0n) is 13.3. The lowest BCUT2D eigenvalue weighted by Gasteiger charge is -2.30. The van der Waals surface area contributed by atoms with Crippen LogP contribution in [0.2, 0.25) is 0 Å². The number of carbonyl (C=O) groups is 1. The number of hydrogen-bond acceptors (Lipinski definition) is 5. The lowest BCUT2D eigenvalue weighted by atomic mass is 9.99. The van der Waals surface area contributed by atoms with Crippen molar-refractivity contribution in [1.82, 2.24) is 14.7 Å². The molecule has 2 aromatic rings. The van der Waals surface area contributed by atoms with E-state index in [-0.39, 0.29) is 11.7 Å². The molecule has 1 aliphatic heterocycles. The number of thioether (sulfide) groups is 1. The molecular weight excluding hydrogens is 365 g/mol. The number of aromatic nitrogens is 2. The van der Waals surface area contributed by atoms with Gasteiger partial charge in [-0.3, -0.25) is 4.79 Å². The Balaban J connectivity index is 1.62. The monoisotopic (exact) mass is 383 g/mol. The Morgan fingerprint density at radius 1 is 1.38 bits per heavy atom. The smallest absolute Gasteiger partial charge is 0.233 e. The van der Waals surface area contributed by atoms with Gasteiger partial charge >= 0.3 is 0 Å². The van der Waals surface area contributed by atoms with Gasteiger partial charge in [-0.1, -0.05) is 30.0 Å². The molecule has 0 unspecified atom stereocenters. The number of halogens is 1. The molecule has 0 aliphatic carbocycles. The molecule has 0 spiro atoms. The molecule has 4 nitrogen and oxygen atoms in total. The van der Waals surface area contributed by atoms with Gasteiger partial charge in [0.05, 0.1) is 11.4 Å². The summed E-state index contributed by atoms with van der Waals surface area (Å²) in [7, 11) is 0. The van der Waals surface area contributed by atoms with Gasteiger partial charge in [0.1, 0.15) is 5.82 Å². The van der Waals surface area contributed by atoms with Gasteiger partial charge in [-0.05, 0) is 55.2 Å². The third kappa shape index (κ3) is 4.23. The minimum absolute atomic E-state index is 0.154. The Labute approximate surface area is 153 Å². The number of likely N-dealkylation sites (tertiary alicyclic amines) is 1. The largest absolute Gasteiger partial charge is 0.342 e. The first-order valence-electron chi connectivity index (χ1n) is 7.79. The highest BCUT2D eigenvalue weighted by atomic mass is 32.2. The summed E-state index contributed by atoms with van der Waals surface area (Å²) in [6.07, 6.45) is 2.16. The van der Waals surface area contributed by atoms with Crippen LogP contribution >= 0.6 is 35.3 Å². The molecule has 1 fully saturated rings. The van der Waals surface area contributed by atoms with E-state index in [4.69, 9.17) is 12.2 Å². The third-order valence-electron chi connectivity index (χ3n) is 4.06. The first kappa shape index (κ1) is 17.6. The Bertz CT molecular complexity index is 764. The van der Waals surface area contributed by atoms with E-state index in [9.17, 15) is 9.18 Å². The van der Waals surface area contributed by atoms with Crippen LogP contribution in [0.4, 0.5) is 4.39 Å². The van der Waals surface area contributed by atoms with E-state index in [2.05, 4.69) is 12.0 Å². The Kier molecular flexibility index (Phi) is 5.68. The molecule has 1 aromatic carbocycles. The van der Waals surface area contributed by atoms with E-state index in [0.717, 1.165) is 36.0 Å². The van der Waals surface area contributed by atoms with E-state index < -0.39 is 0 Å². The van der Waals surface area contributed by atoms with Crippen LogP contribution in [0.5, 0.6) is 0 Å². The van der Waals surface area contributed by atoms with Gasteiger partial charge < -0.3 is 4.90 Å². The van der Waals surface area contributed by atoms with Crippen molar-refractivity contribution < 1.29 is 9.18 Å². The standard InChI is InChI=1S/C16H18FN3OS3/c1-11-6-8-19(9-7-11)14(21)10-23-15-18-20(16(22)24-15)13-4-2-12(17)3-5-13/h2-5,11H,6-10H2,1H3. The minimum Gasteiger partial charge on any atom is -0.342 e. The number of carbonyl (C=O) groups excluding carboxylic acids is 1. The molecular formula is C16H18FN3OS3. The summed E-state index contributed by atoms with van der Waals surface area (Å²) in [4.78, 5) is 14.2. The average molecular weight is 384 g/mol. The highest BCUT2D eigenvalue weighted by Gasteiger charge is 2.20. The van der Waals surface area contributed by atoms with Crippen molar-refractivity contribution in [2.75, 3.05) is 18.8 Å². The van der Waals surface area contributed by atoms with Gasteiger partial charge in [-0.15, -0.1) is 5.10 Å². The molecule has 3 rings (SSSR count). The highest BCUT2D eigenvalue weighted by molar-refractivity contribution is 8.01. The normalized spacial score (nSPS) is 15.7. The van der Waals surface area contributed by atoms with Crippen LogP contribution < -0.4 is 0 Å². The Morgan fingerprint density at radius 2 is 2.04 bits per heavy atom. The zero-order valence-corrected chi connectivity index (χ0v) is 15.7. The second-order valence-electron chi connectivity index (χ2n) is 5.87. The molecule has 128 valence electrons. The predicted octanol–water partition coefficient (Wildman–Crippen LogP) is 4.15. The fraction of sp³-hybridized carbons (Fsp3) is 0.438. The molecule has 1 aliphatic rings. The number of hydrogen-bond donors (Lipinski definition) is 0. The summed E-state index contributed by atoms with van der Waals surface area (Å²) in [5, 5.41) is 4.44. The lowest BCUT2D eigenvalue weighted by molar-refractivity contribution is -0.129. The van der Waals surface area contributed by atoms with E-state index in [1.165, 1.54) is 35.2 Å². The van der Waals surface area contributed by atoms with Crippen LogP contribution in [0.1, 0.15) is 19.8 Å². The predicted molar refractivity (Wildman–Crippen MR) is 97.9 cm³/mol. The Hall–Kier alpha value is -1.25. The first-order valence-corrected chi connectivity index (χ1v) is 10.0. The van der Waals surface area contributed by atoms with Crippen molar-refractivity contribution >= 4 is 41.2 Å². The minimum atomic E-state index is -0.295. The molecule has 8 heteroatoms. The quantitative estimate of drug-likeness (QED) is 0.587. The van der Waals surface area contributed by atoms with Gasteiger partial charge in [0.25, 0.3) is 0 Å². The number of benzene rings is 1. The molecule has 0 N–H and O–H groups in total. The molecule has 24 heavy (non-hydrogen) atoms. The van der Waals surface area contributed by atoms with Crippen LogP contribution in [-0.4, -0.2) is 39.4 Å². The van der Waals surface area contributed by atoms with Crippen molar-refractivity contribution in [2.45, 2.75) is 24.1 Å². The van der Waals surface area contributed by atoms with Crippen LogP contribution in [0, 0.1) is 15.7 Å². The van der Waals surface area contributed by atoms with Gasteiger partial charge in [0.2, 0.25) is 5.91 Å². The van der Waals surface area contributed by atoms with Gasteiger partial charge in [-0.25, -0.2) is 9.07 Å². The number of rotatable bonds is 4. The summed E-state index contributed by atoms with van der Waals surface area (Å²) in [6, 6.07) is 6.03. The van der Waals surface area contributed by atoms with Gasteiger partial charge in [0.15, 0.2) is 8.29 Å². The highest BCUT2D eigenvalue weighted by Crippen LogP contribution is 2.25. The van der Waals surface area contributed by atoms with Crippen LogP contribution in [-0.2, 0) is 4.79 Å². The van der Waals surface area contributed by atoms with Crippen molar-refractivity contribution in [3.63, 3.8) is 0 Å². The fourth-order valence-electron chi connectivity index (χ4n) is 2.54. The third-order valence-corrected chi connectivity index (χ3v) is 6.41. The van der Waals surface area contributed by atoms with Crippen LogP contribution in [0.15, 0.2) is 28.6 Å². The van der Waals surface area contributed by atoms with E-state index in [1.54, 1.807) is 16.8 Å². The first-order chi connectivity index (χ1) is 11.5.